The van der Waals surface area contributed by atoms with Crippen LogP contribution in [0.3, 0.4) is 0 Å². The average Bonchev–Trinajstić information content (AvgIpc) is 2.98. The van der Waals surface area contributed by atoms with E-state index in [9.17, 15) is 18.0 Å². The molecule has 0 saturated heterocycles. The Morgan fingerprint density at radius 2 is 2.00 bits per heavy atom. The Morgan fingerprint density at radius 3 is 2.59 bits per heavy atom. The van der Waals surface area contributed by atoms with Gasteiger partial charge < -0.3 is 4.74 Å². The van der Waals surface area contributed by atoms with Gasteiger partial charge in [-0.25, -0.2) is 13.2 Å². The molecular weight excluding hydrogens is 317 g/mol. The average molecular weight is 333 g/mol. The zero-order valence-corrected chi connectivity index (χ0v) is 13.2. The number of benzene rings is 1. The highest BCUT2D eigenvalue weighted by Gasteiger charge is 2.61. The predicted molar refractivity (Wildman–Crippen MR) is 76.7 cm³/mol. The molecule has 0 heterocycles. The van der Waals surface area contributed by atoms with Gasteiger partial charge in [0.25, 0.3) is 0 Å². The number of carbonyl (C=O) groups is 1. The minimum absolute atomic E-state index is 0.0366. The molecule has 120 valence electrons. The maximum absolute atomic E-state index is 13.6. The molecule has 2 nitrogen and oxygen atoms in total. The minimum atomic E-state index is -1.37. The van der Waals surface area contributed by atoms with Crippen LogP contribution in [0, 0.1) is 34.7 Å². The van der Waals surface area contributed by atoms with Crippen molar-refractivity contribution in [1.82, 2.24) is 0 Å². The Labute approximate surface area is 131 Å². The Bertz CT molecular complexity index is 615. The molecule has 0 N–H and O–H groups in total. The van der Waals surface area contributed by atoms with Gasteiger partial charge in [0.1, 0.15) is 12.4 Å². The molecule has 1 aliphatic rings. The van der Waals surface area contributed by atoms with Crippen molar-refractivity contribution < 1.29 is 22.7 Å². The lowest BCUT2D eigenvalue weighted by molar-refractivity contribution is -0.147. The van der Waals surface area contributed by atoms with Crippen molar-refractivity contribution in [3.63, 3.8) is 0 Å². The van der Waals surface area contributed by atoms with E-state index in [-0.39, 0.29) is 17.3 Å². The molecule has 1 aromatic rings. The summed E-state index contributed by atoms with van der Waals surface area (Å²) in [6, 6.07) is 0.356. The Balaban J connectivity index is 2.10. The Hall–Kier alpha value is -1.49. The lowest BCUT2D eigenvalue weighted by Gasteiger charge is -2.09. The molecule has 22 heavy (non-hydrogen) atoms. The van der Waals surface area contributed by atoms with Gasteiger partial charge in [-0.05, 0) is 18.3 Å². The number of ether oxygens (including phenoxy) is 1. The molecule has 1 fully saturated rings. The first-order valence-electron chi connectivity index (χ1n) is 6.83. The SMILES string of the molecule is C/C=C\[C@@H]1[C@@H](C(=O)OCc2c(F)c(F)cc(F)c2Cl)C1(C)C. The molecule has 1 saturated carbocycles. The monoisotopic (exact) mass is 332 g/mol. The molecule has 0 unspecified atom stereocenters. The van der Waals surface area contributed by atoms with E-state index in [0.717, 1.165) is 0 Å². The summed E-state index contributed by atoms with van der Waals surface area (Å²) >= 11 is 5.60. The number of hydrogen-bond acceptors (Lipinski definition) is 2. The first-order chi connectivity index (χ1) is 10.2. The summed E-state index contributed by atoms with van der Waals surface area (Å²) in [6.45, 7) is 5.08. The fourth-order valence-corrected chi connectivity index (χ4v) is 2.87. The van der Waals surface area contributed by atoms with E-state index in [1.54, 1.807) is 0 Å². The van der Waals surface area contributed by atoms with E-state index >= 15 is 0 Å². The Kier molecular flexibility index (Phi) is 4.57. The second-order valence-electron chi connectivity index (χ2n) is 5.91. The summed E-state index contributed by atoms with van der Waals surface area (Å²) in [5.74, 6) is -4.62. The topological polar surface area (TPSA) is 26.3 Å². The van der Waals surface area contributed by atoms with E-state index < -0.39 is 40.6 Å². The zero-order valence-electron chi connectivity index (χ0n) is 12.4. The van der Waals surface area contributed by atoms with E-state index in [2.05, 4.69) is 0 Å². The van der Waals surface area contributed by atoms with E-state index in [1.807, 2.05) is 32.9 Å². The number of halogens is 4. The summed E-state index contributed by atoms with van der Waals surface area (Å²) in [5.41, 5.74) is -0.743. The fraction of sp³-hybridized carbons (Fsp3) is 0.438. The van der Waals surface area contributed by atoms with Crippen LogP contribution < -0.4 is 0 Å². The van der Waals surface area contributed by atoms with Crippen molar-refractivity contribution in [1.29, 1.82) is 0 Å². The summed E-state index contributed by atoms with van der Waals surface area (Å²) in [7, 11) is 0. The van der Waals surface area contributed by atoms with Crippen LogP contribution in [0.25, 0.3) is 0 Å². The van der Waals surface area contributed by atoms with Crippen molar-refractivity contribution in [2.75, 3.05) is 0 Å². The molecule has 2 atom stereocenters. The highest BCUT2D eigenvalue weighted by atomic mass is 35.5. The maximum atomic E-state index is 13.6. The van der Waals surface area contributed by atoms with Crippen LogP contribution in [0.5, 0.6) is 0 Å². The van der Waals surface area contributed by atoms with Crippen molar-refractivity contribution in [3.8, 4) is 0 Å². The van der Waals surface area contributed by atoms with E-state index in [4.69, 9.17) is 16.3 Å². The third-order valence-electron chi connectivity index (χ3n) is 4.13. The number of hydrogen-bond donors (Lipinski definition) is 0. The predicted octanol–water partition coefficient (Wildman–Crippen LogP) is 4.65. The van der Waals surface area contributed by atoms with Gasteiger partial charge in [-0.2, -0.15) is 0 Å². The van der Waals surface area contributed by atoms with Crippen LogP contribution in [0.4, 0.5) is 13.2 Å². The zero-order chi connectivity index (χ0) is 16.7. The summed E-state index contributed by atoms with van der Waals surface area (Å²) < 4.78 is 45.1. The molecule has 1 aromatic carbocycles. The van der Waals surface area contributed by atoms with Gasteiger partial charge >= 0.3 is 5.97 Å². The van der Waals surface area contributed by atoms with Crippen molar-refractivity contribution in [2.24, 2.45) is 17.3 Å². The van der Waals surface area contributed by atoms with Crippen molar-refractivity contribution in [2.45, 2.75) is 27.4 Å². The van der Waals surface area contributed by atoms with Gasteiger partial charge in [-0.1, -0.05) is 37.6 Å². The van der Waals surface area contributed by atoms with Crippen molar-refractivity contribution >= 4 is 17.6 Å². The lowest BCUT2D eigenvalue weighted by atomic mass is 10.1. The van der Waals surface area contributed by atoms with Crippen LogP contribution in [-0.2, 0) is 16.1 Å². The second kappa shape index (κ2) is 5.95. The van der Waals surface area contributed by atoms with Crippen LogP contribution in [0.15, 0.2) is 18.2 Å². The van der Waals surface area contributed by atoms with Gasteiger partial charge in [-0.3, -0.25) is 4.79 Å². The summed E-state index contributed by atoms with van der Waals surface area (Å²) in [6.07, 6.45) is 3.75. The van der Waals surface area contributed by atoms with Crippen LogP contribution in [0.1, 0.15) is 26.3 Å². The molecule has 0 amide bonds. The molecule has 6 heteroatoms. The highest BCUT2D eigenvalue weighted by molar-refractivity contribution is 6.31. The molecule has 2 rings (SSSR count). The summed E-state index contributed by atoms with van der Waals surface area (Å²) in [5, 5.41) is -0.577. The minimum Gasteiger partial charge on any atom is -0.460 e. The number of rotatable bonds is 4. The third-order valence-corrected chi connectivity index (χ3v) is 4.53. The number of allylic oxidation sites excluding steroid dienone is 2. The first kappa shape index (κ1) is 16.9. The largest absolute Gasteiger partial charge is 0.460 e. The van der Waals surface area contributed by atoms with E-state index in [1.165, 1.54) is 0 Å². The second-order valence-corrected chi connectivity index (χ2v) is 6.28. The third kappa shape index (κ3) is 2.86. The molecule has 0 radical (unpaired) electrons. The van der Waals surface area contributed by atoms with Gasteiger partial charge in [0.15, 0.2) is 11.6 Å². The molecule has 0 aliphatic heterocycles. The summed E-state index contributed by atoms with van der Waals surface area (Å²) in [4.78, 5) is 12.1. The van der Waals surface area contributed by atoms with Gasteiger partial charge in [0, 0.05) is 11.6 Å². The molecule has 0 bridgehead atoms. The standard InChI is InChI=1S/C16H16ClF3O2/c1-4-5-9-12(16(9,2)3)15(21)22-7-8-13(17)10(18)6-11(19)14(8)20/h4-6,9,12H,7H2,1-3H3/b5-4-/t9-,12+/m1/s1. The van der Waals surface area contributed by atoms with Crippen LogP contribution >= 0.6 is 11.6 Å². The lowest BCUT2D eigenvalue weighted by Crippen LogP contribution is -2.12. The highest BCUT2D eigenvalue weighted by Crippen LogP contribution is 2.59. The Morgan fingerprint density at radius 1 is 1.36 bits per heavy atom. The maximum Gasteiger partial charge on any atom is 0.310 e. The molecular formula is C16H16ClF3O2. The molecule has 1 aliphatic carbocycles. The fourth-order valence-electron chi connectivity index (χ4n) is 2.68. The quantitative estimate of drug-likeness (QED) is 0.456. The van der Waals surface area contributed by atoms with Gasteiger partial charge in [0.2, 0.25) is 0 Å². The number of carbonyl (C=O) groups excluding carboxylic acids is 1. The number of esters is 1. The normalized spacial score (nSPS) is 22.9. The van der Waals surface area contributed by atoms with Crippen molar-refractivity contribution in [3.05, 3.63) is 46.3 Å². The smallest absolute Gasteiger partial charge is 0.310 e. The van der Waals surface area contributed by atoms with Gasteiger partial charge in [0.05, 0.1) is 10.9 Å². The van der Waals surface area contributed by atoms with Crippen LogP contribution in [-0.4, -0.2) is 5.97 Å². The first-order valence-corrected chi connectivity index (χ1v) is 7.21. The van der Waals surface area contributed by atoms with Crippen LogP contribution in [0.2, 0.25) is 5.02 Å². The molecule has 0 aromatic heterocycles. The molecule has 0 spiro atoms. The van der Waals surface area contributed by atoms with E-state index in [0.29, 0.717) is 6.07 Å². The van der Waals surface area contributed by atoms with Gasteiger partial charge in [-0.15, -0.1) is 0 Å².